The van der Waals surface area contributed by atoms with Crippen LogP contribution in [-0.4, -0.2) is 41.2 Å². The Hall–Kier alpha value is -1.00. The maximum atomic E-state index is 5.38. The molecule has 1 fully saturated rings. The Morgan fingerprint density at radius 2 is 1.93 bits per heavy atom. The summed E-state index contributed by atoms with van der Waals surface area (Å²) in [7, 11) is 0. The Labute approximate surface area is 88.7 Å². The van der Waals surface area contributed by atoms with Gasteiger partial charge in [-0.2, -0.15) is 0 Å². The number of rotatable bonds is 1. The quantitative estimate of drug-likeness (QED) is 0.645. The molecule has 0 spiro atoms. The van der Waals surface area contributed by atoms with Crippen molar-refractivity contribution >= 4 is 17.2 Å². The van der Waals surface area contributed by atoms with Crippen LogP contribution in [0.25, 0.3) is 0 Å². The molecular formula is C10H12N2OS. The summed E-state index contributed by atoms with van der Waals surface area (Å²) in [6.45, 7) is 3.32. The molecule has 0 saturated carbocycles. The van der Waals surface area contributed by atoms with E-state index in [4.69, 9.17) is 17.0 Å². The average molecular weight is 208 g/mol. The SMILES string of the molecule is S=C(c1ccncc1)N1CCOCC1. The number of hydrogen-bond acceptors (Lipinski definition) is 3. The summed E-state index contributed by atoms with van der Waals surface area (Å²) in [5.41, 5.74) is 1.07. The molecule has 0 atom stereocenters. The van der Waals surface area contributed by atoms with Crippen LogP contribution in [-0.2, 0) is 4.74 Å². The third kappa shape index (κ3) is 2.08. The number of aromatic nitrogens is 1. The highest BCUT2D eigenvalue weighted by atomic mass is 32.1. The van der Waals surface area contributed by atoms with Crippen molar-refractivity contribution in [3.05, 3.63) is 30.1 Å². The van der Waals surface area contributed by atoms with Gasteiger partial charge in [0.2, 0.25) is 0 Å². The van der Waals surface area contributed by atoms with Gasteiger partial charge in [0.1, 0.15) is 4.99 Å². The fraction of sp³-hybridized carbons (Fsp3) is 0.400. The first kappa shape index (κ1) is 9.55. The van der Waals surface area contributed by atoms with Gasteiger partial charge < -0.3 is 9.64 Å². The summed E-state index contributed by atoms with van der Waals surface area (Å²) < 4.78 is 5.27. The van der Waals surface area contributed by atoms with Crippen LogP contribution in [0, 0.1) is 0 Å². The van der Waals surface area contributed by atoms with Crippen LogP contribution in [0.15, 0.2) is 24.5 Å². The lowest BCUT2D eigenvalue weighted by molar-refractivity contribution is 0.0693. The van der Waals surface area contributed by atoms with E-state index in [2.05, 4.69) is 9.88 Å². The second kappa shape index (κ2) is 4.48. The number of ether oxygens (including phenoxy) is 1. The summed E-state index contributed by atoms with van der Waals surface area (Å²) in [5.74, 6) is 0. The second-order valence-electron chi connectivity index (χ2n) is 3.14. The Balaban J connectivity index is 2.07. The first-order valence-electron chi connectivity index (χ1n) is 4.65. The lowest BCUT2D eigenvalue weighted by Crippen LogP contribution is -2.40. The van der Waals surface area contributed by atoms with Crippen LogP contribution in [0.4, 0.5) is 0 Å². The highest BCUT2D eigenvalue weighted by Gasteiger charge is 2.14. The molecule has 14 heavy (non-hydrogen) atoms. The molecule has 0 aliphatic carbocycles. The summed E-state index contributed by atoms with van der Waals surface area (Å²) >= 11 is 5.38. The maximum Gasteiger partial charge on any atom is 0.109 e. The van der Waals surface area contributed by atoms with E-state index in [9.17, 15) is 0 Å². The zero-order chi connectivity index (χ0) is 9.80. The molecule has 2 rings (SSSR count). The standard InChI is InChI=1S/C10H12N2OS/c14-10(9-1-3-11-4-2-9)12-5-7-13-8-6-12/h1-4H,5-8H2. The molecular weight excluding hydrogens is 196 g/mol. The first-order valence-corrected chi connectivity index (χ1v) is 5.06. The first-order chi connectivity index (χ1) is 6.88. The third-order valence-electron chi connectivity index (χ3n) is 2.23. The molecule has 1 aromatic heterocycles. The van der Waals surface area contributed by atoms with Crippen molar-refractivity contribution in [2.45, 2.75) is 0 Å². The van der Waals surface area contributed by atoms with Gasteiger partial charge in [0.15, 0.2) is 0 Å². The van der Waals surface area contributed by atoms with E-state index in [1.807, 2.05) is 12.1 Å². The predicted octanol–water partition coefficient (Wildman–Crippen LogP) is 1.09. The van der Waals surface area contributed by atoms with Gasteiger partial charge in [-0.25, -0.2) is 0 Å². The molecule has 1 aliphatic rings. The van der Waals surface area contributed by atoms with Crippen molar-refractivity contribution < 1.29 is 4.74 Å². The van der Waals surface area contributed by atoms with Crippen molar-refractivity contribution in [1.82, 2.24) is 9.88 Å². The molecule has 3 nitrogen and oxygen atoms in total. The minimum Gasteiger partial charge on any atom is -0.378 e. The molecule has 2 heterocycles. The monoisotopic (exact) mass is 208 g/mol. The summed E-state index contributed by atoms with van der Waals surface area (Å²) in [5, 5.41) is 0. The predicted molar refractivity (Wildman–Crippen MR) is 58.3 cm³/mol. The van der Waals surface area contributed by atoms with Gasteiger partial charge in [-0.15, -0.1) is 0 Å². The third-order valence-corrected chi connectivity index (χ3v) is 2.72. The Bertz CT molecular complexity index is 309. The molecule has 1 aliphatic heterocycles. The molecule has 0 aromatic carbocycles. The van der Waals surface area contributed by atoms with Gasteiger partial charge in [-0.1, -0.05) is 12.2 Å². The van der Waals surface area contributed by atoms with Gasteiger partial charge in [0.25, 0.3) is 0 Å². The Morgan fingerprint density at radius 3 is 2.57 bits per heavy atom. The lowest BCUT2D eigenvalue weighted by Gasteiger charge is -2.29. The van der Waals surface area contributed by atoms with Crippen molar-refractivity contribution in [3.8, 4) is 0 Å². The Kier molecular flexibility index (Phi) is 3.06. The molecule has 1 aromatic rings. The normalized spacial score (nSPS) is 16.7. The van der Waals surface area contributed by atoms with Crippen LogP contribution in [0.2, 0.25) is 0 Å². The van der Waals surface area contributed by atoms with Crippen molar-refractivity contribution in [2.75, 3.05) is 26.3 Å². The Morgan fingerprint density at radius 1 is 1.29 bits per heavy atom. The fourth-order valence-electron chi connectivity index (χ4n) is 1.44. The van der Waals surface area contributed by atoms with Gasteiger partial charge in [-0.3, -0.25) is 4.98 Å². The van der Waals surface area contributed by atoms with E-state index in [1.165, 1.54) is 0 Å². The number of nitrogens with zero attached hydrogens (tertiary/aromatic N) is 2. The van der Waals surface area contributed by atoms with Crippen LogP contribution in [0.3, 0.4) is 0 Å². The largest absolute Gasteiger partial charge is 0.378 e. The number of hydrogen-bond donors (Lipinski definition) is 0. The smallest absolute Gasteiger partial charge is 0.109 e. The molecule has 0 unspecified atom stereocenters. The molecule has 0 amide bonds. The summed E-state index contributed by atoms with van der Waals surface area (Å²) in [6.07, 6.45) is 3.53. The average Bonchev–Trinajstić information content (AvgIpc) is 2.30. The fourth-order valence-corrected chi connectivity index (χ4v) is 1.76. The topological polar surface area (TPSA) is 25.4 Å². The van der Waals surface area contributed by atoms with Crippen molar-refractivity contribution in [2.24, 2.45) is 0 Å². The van der Waals surface area contributed by atoms with E-state index in [0.717, 1.165) is 36.9 Å². The molecule has 0 radical (unpaired) electrons. The van der Waals surface area contributed by atoms with Crippen LogP contribution in [0.5, 0.6) is 0 Å². The molecule has 4 heteroatoms. The highest BCUT2D eigenvalue weighted by molar-refractivity contribution is 7.80. The molecule has 0 N–H and O–H groups in total. The number of thiocarbonyl (C=S) groups is 1. The van der Waals surface area contributed by atoms with Crippen LogP contribution < -0.4 is 0 Å². The van der Waals surface area contributed by atoms with Crippen molar-refractivity contribution in [3.63, 3.8) is 0 Å². The number of morpholine rings is 1. The van der Waals surface area contributed by atoms with Gasteiger partial charge in [0, 0.05) is 31.0 Å². The zero-order valence-corrected chi connectivity index (χ0v) is 8.67. The van der Waals surface area contributed by atoms with Crippen LogP contribution in [0.1, 0.15) is 5.56 Å². The second-order valence-corrected chi connectivity index (χ2v) is 3.53. The maximum absolute atomic E-state index is 5.38. The van der Waals surface area contributed by atoms with E-state index in [0.29, 0.717) is 0 Å². The lowest BCUT2D eigenvalue weighted by atomic mass is 10.2. The number of pyridine rings is 1. The van der Waals surface area contributed by atoms with Gasteiger partial charge in [0.05, 0.1) is 13.2 Å². The highest BCUT2D eigenvalue weighted by Crippen LogP contribution is 2.07. The molecule has 0 bridgehead atoms. The summed E-state index contributed by atoms with van der Waals surface area (Å²) in [6, 6.07) is 3.88. The zero-order valence-electron chi connectivity index (χ0n) is 7.85. The van der Waals surface area contributed by atoms with Gasteiger partial charge in [-0.05, 0) is 12.1 Å². The molecule has 1 saturated heterocycles. The van der Waals surface area contributed by atoms with E-state index < -0.39 is 0 Å². The van der Waals surface area contributed by atoms with Gasteiger partial charge >= 0.3 is 0 Å². The molecule has 74 valence electrons. The van der Waals surface area contributed by atoms with Crippen molar-refractivity contribution in [1.29, 1.82) is 0 Å². The van der Waals surface area contributed by atoms with E-state index >= 15 is 0 Å². The van der Waals surface area contributed by atoms with Crippen LogP contribution >= 0.6 is 12.2 Å². The van der Waals surface area contributed by atoms with E-state index in [-0.39, 0.29) is 0 Å². The minimum atomic E-state index is 0.769. The van der Waals surface area contributed by atoms with E-state index in [1.54, 1.807) is 12.4 Å². The minimum absolute atomic E-state index is 0.769. The summed E-state index contributed by atoms with van der Waals surface area (Å²) in [4.78, 5) is 7.04.